The molecule has 0 saturated heterocycles. The first kappa shape index (κ1) is 18.9. The van der Waals surface area contributed by atoms with Crippen molar-refractivity contribution in [3.63, 3.8) is 0 Å². The lowest BCUT2D eigenvalue weighted by atomic mass is 9.99. The van der Waals surface area contributed by atoms with Gasteiger partial charge in [-0.05, 0) is 61.1 Å². The summed E-state index contributed by atoms with van der Waals surface area (Å²) in [4.78, 5) is 14.6. The molecule has 3 heteroatoms. The predicted molar refractivity (Wildman–Crippen MR) is 113 cm³/mol. The van der Waals surface area contributed by atoms with Gasteiger partial charge in [-0.2, -0.15) is 0 Å². The summed E-state index contributed by atoms with van der Waals surface area (Å²) in [6.07, 6.45) is 4.31. The number of nitrogens with zero attached hydrogens (tertiary/aromatic N) is 1. The van der Waals surface area contributed by atoms with Crippen molar-refractivity contribution in [1.29, 1.82) is 0 Å². The highest BCUT2D eigenvalue weighted by molar-refractivity contribution is 5.92. The Morgan fingerprint density at radius 2 is 1.67 bits per heavy atom. The average Bonchev–Trinajstić information content (AvgIpc) is 2.70. The Bertz CT molecular complexity index is 916. The molecule has 0 fully saturated rings. The van der Waals surface area contributed by atoms with Crippen molar-refractivity contribution in [1.82, 2.24) is 10.2 Å². The molecule has 3 aromatic carbocycles. The molecule has 3 rings (SSSR count). The second kappa shape index (κ2) is 9.15. The number of hydrogen-bond donors (Lipinski definition) is 1. The molecular weight excluding hydrogens is 332 g/mol. The Kier molecular flexibility index (Phi) is 6.39. The zero-order valence-electron chi connectivity index (χ0n) is 15.9. The molecule has 0 heterocycles. The van der Waals surface area contributed by atoms with Crippen molar-refractivity contribution in [2.45, 2.75) is 12.5 Å². The Balaban J connectivity index is 1.77. The number of carbonyl (C=O) groups is 1. The first-order chi connectivity index (χ1) is 13.1. The maximum Gasteiger partial charge on any atom is 0.244 e. The van der Waals surface area contributed by atoms with E-state index in [1.807, 2.05) is 48.5 Å². The SMILES string of the molecule is CN(C)CCC(NC(=O)/C=C/c1ccccc1)c1ccc2ccccc2c1. The lowest BCUT2D eigenvalue weighted by Gasteiger charge is -2.21. The van der Waals surface area contributed by atoms with E-state index in [4.69, 9.17) is 0 Å². The highest BCUT2D eigenvalue weighted by atomic mass is 16.1. The molecule has 0 saturated carbocycles. The second-order valence-electron chi connectivity index (χ2n) is 7.00. The summed E-state index contributed by atoms with van der Waals surface area (Å²) in [5.41, 5.74) is 2.15. The largest absolute Gasteiger partial charge is 0.346 e. The topological polar surface area (TPSA) is 32.3 Å². The molecule has 0 aromatic heterocycles. The highest BCUT2D eigenvalue weighted by Gasteiger charge is 2.14. The van der Waals surface area contributed by atoms with Crippen molar-refractivity contribution in [3.05, 3.63) is 90.0 Å². The standard InChI is InChI=1S/C24H26N2O/c1-26(2)17-16-23(22-14-13-20-10-6-7-11-21(20)18-22)25-24(27)15-12-19-8-4-3-5-9-19/h3-15,18,23H,16-17H2,1-2H3,(H,25,27)/b15-12+. The van der Waals surface area contributed by atoms with Crippen LogP contribution in [0.1, 0.15) is 23.6 Å². The van der Waals surface area contributed by atoms with Gasteiger partial charge in [0.25, 0.3) is 0 Å². The molecule has 1 amide bonds. The molecule has 0 spiro atoms. The van der Waals surface area contributed by atoms with Gasteiger partial charge in [0.1, 0.15) is 0 Å². The Morgan fingerprint density at radius 1 is 0.963 bits per heavy atom. The zero-order valence-corrected chi connectivity index (χ0v) is 15.9. The minimum absolute atomic E-state index is 0.0232. The van der Waals surface area contributed by atoms with Gasteiger partial charge >= 0.3 is 0 Å². The summed E-state index contributed by atoms with van der Waals surface area (Å²) in [6.45, 7) is 0.903. The normalized spacial score (nSPS) is 12.6. The fourth-order valence-corrected chi connectivity index (χ4v) is 3.09. The Labute approximate surface area is 161 Å². The number of benzene rings is 3. The number of nitrogens with one attached hydrogen (secondary N) is 1. The van der Waals surface area contributed by atoms with E-state index in [0.29, 0.717) is 0 Å². The van der Waals surface area contributed by atoms with Gasteiger partial charge in [0, 0.05) is 6.08 Å². The summed E-state index contributed by atoms with van der Waals surface area (Å²) in [5.74, 6) is -0.0734. The van der Waals surface area contributed by atoms with Gasteiger partial charge in [0.2, 0.25) is 5.91 Å². The maximum atomic E-state index is 12.5. The first-order valence-corrected chi connectivity index (χ1v) is 9.29. The quantitative estimate of drug-likeness (QED) is 0.623. The van der Waals surface area contributed by atoms with Crippen LogP contribution in [0, 0.1) is 0 Å². The van der Waals surface area contributed by atoms with Crippen LogP contribution in [0.3, 0.4) is 0 Å². The summed E-state index contributed by atoms with van der Waals surface area (Å²) >= 11 is 0. The van der Waals surface area contributed by atoms with Crippen LogP contribution in [0.5, 0.6) is 0 Å². The minimum Gasteiger partial charge on any atom is -0.346 e. The molecule has 3 nitrogen and oxygen atoms in total. The van der Waals surface area contributed by atoms with Crippen molar-refractivity contribution >= 4 is 22.8 Å². The Morgan fingerprint density at radius 3 is 2.41 bits per heavy atom. The van der Waals surface area contributed by atoms with E-state index in [1.54, 1.807) is 6.08 Å². The molecule has 138 valence electrons. The molecule has 0 bridgehead atoms. The first-order valence-electron chi connectivity index (χ1n) is 9.29. The van der Waals surface area contributed by atoms with E-state index >= 15 is 0 Å². The predicted octanol–water partition coefficient (Wildman–Crippen LogP) is 4.66. The van der Waals surface area contributed by atoms with Gasteiger partial charge in [-0.25, -0.2) is 0 Å². The summed E-state index contributed by atoms with van der Waals surface area (Å²) < 4.78 is 0. The molecule has 1 atom stereocenters. The van der Waals surface area contributed by atoms with E-state index < -0.39 is 0 Å². The number of fused-ring (bicyclic) bond motifs is 1. The lowest BCUT2D eigenvalue weighted by molar-refractivity contribution is -0.117. The third-order valence-corrected chi connectivity index (χ3v) is 4.58. The smallest absolute Gasteiger partial charge is 0.244 e. The molecule has 1 unspecified atom stereocenters. The van der Waals surface area contributed by atoms with Crippen molar-refractivity contribution in [2.75, 3.05) is 20.6 Å². The van der Waals surface area contributed by atoms with Crippen molar-refractivity contribution in [2.24, 2.45) is 0 Å². The summed E-state index contributed by atoms with van der Waals surface area (Å²) in [5, 5.41) is 5.58. The van der Waals surface area contributed by atoms with Gasteiger partial charge in [0.15, 0.2) is 0 Å². The van der Waals surface area contributed by atoms with E-state index in [2.05, 4.69) is 54.6 Å². The van der Waals surface area contributed by atoms with Gasteiger partial charge in [-0.3, -0.25) is 4.79 Å². The number of amides is 1. The third-order valence-electron chi connectivity index (χ3n) is 4.58. The number of rotatable bonds is 7. The summed E-state index contributed by atoms with van der Waals surface area (Å²) in [7, 11) is 4.10. The second-order valence-corrected chi connectivity index (χ2v) is 7.00. The van der Waals surface area contributed by atoms with E-state index in [0.717, 1.165) is 24.1 Å². The van der Waals surface area contributed by atoms with Gasteiger partial charge in [-0.1, -0.05) is 66.7 Å². The number of carbonyl (C=O) groups excluding carboxylic acids is 1. The zero-order chi connectivity index (χ0) is 19.1. The molecule has 1 N–H and O–H groups in total. The van der Waals surface area contributed by atoms with Crippen LogP contribution in [-0.2, 0) is 4.79 Å². The van der Waals surface area contributed by atoms with Crippen LogP contribution in [0.15, 0.2) is 78.9 Å². The molecule has 3 aromatic rings. The molecule has 0 aliphatic heterocycles. The Hall–Kier alpha value is -2.91. The van der Waals surface area contributed by atoms with Gasteiger partial charge in [0.05, 0.1) is 6.04 Å². The molecule has 0 aliphatic carbocycles. The van der Waals surface area contributed by atoms with Crippen LogP contribution < -0.4 is 5.32 Å². The minimum atomic E-state index is -0.0734. The molecule has 0 aliphatic rings. The van der Waals surface area contributed by atoms with Crippen molar-refractivity contribution in [3.8, 4) is 0 Å². The average molecular weight is 358 g/mol. The fourth-order valence-electron chi connectivity index (χ4n) is 3.09. The van der Waals surface area contributed by atoms with E-state index in [1.165, 1.54) is 10.8 Å². The van der Waals surface area contributed by atoms with E-state index in [9.17, 15) is 4.79 Å². The van der Waals surface area contributed by atoms with Crippen molar-refractivity contribution < 1.29 is 4.79 Å². The van der Waals surface area contributed by atoms with Crippen LogP contribution in [0.4, 0.5) is 0 Å². The lowest BCUT2D eigenvalue weighted by Crippen LogP contribution is -2.29. The monoisotopic (exact) mass is 358 g/mol. The van der Waals surface area contributed by atoms with Crippen LogP contribution in [-0.4, -0.2) is 31.4 Å². The van der Waals surface area contributed by atoms with E-state index in [-0.39, 0.29) is 11.9 Å². The van der Waals surface area contributed by atoms with Crippen LogP contribution >= 0.6 is 0 Å². The fraction of sp³-hybridized carbons (Fsp3) is 0.208. The van der Waals surface area contributed by atoms with Gasteiger partial charge in [-0.15, -0.1) is 0 Å². The molecular formula is C24H26N2O. The highest BCUT2D eigenvalue weighted by Crippen LogP contribution is 2.23. The maximum absolute atomic E-state index is 12.5. The van der Waals surface area contributed by atoms with Gasteiger partial charge < -0.3 is 10.2 Å². The van der Waals surface area contributed by atoms with Crippen LogP contribution in [0.25, 0.3) is 16.8 Å². The van der Waals surface area contributed by atoms with Crippen LogP contribution in [0.2, 0.25) is 0 Å². The third kappa shape index (κ3) is 5.53. The number of hydrogen-bond acceptors (Lipinski definition) is 2. The molecule has 27 heavy (non-hydrogen) atoms. The molecule has 0 radical (unpaired) electrons. The summed E-state index contributed by atoms with van der Waals surface area (Å²) in [6, 6.07) is 24.6.